The highest BCUT2D eigenvalue weighted by atomic mass is 32.2. The van der Waals surface area contributed by atoms with Crippen LogP contribution >= 0.6 is 0 Å². The molecule has 0 atom stereocenters. The van der Waals surface area contributed by atoms with Crippen molar-refractivity contribution in [1.82, 2.24) is 4.57 Å². The molecule has 0 saturated carbocycles. The maximum absolute atomic E-state index is 12.0. The second kappa shape index (κ2) is 5.50. The number of para-hydroxylation sites is 1. The molecule has 1 aromatic heterocycles. The van der Waals surface area contributed by atoms with Crippen molar-refractivity contribution in [1.29, 1.82) is 0 Å². The smallest absolute Gasteiger partial charge is 0.285 e. The number of hydrogen-bond acceptors (Lipinski definition) is 6. The van der Waals surface area contributed by atoms with E-state index in [-0.39, 0.29) is 22.3 Å². The Bertz CT molecular complexity index is 1160. The number of aromatic hydroxyl groups is 1. The van der Waals surface area contributed by atoms with Crippen molar-refractivity contribution in [2.75, 3.05) is 0 Å². The Balaban J connectivity index is 1.85. The number of sulfonamides is 1. The number of aliphatic hydroxyl groups excluding tert-OH is 1. The Labute approximate surface area is 142 Å². The summed E-state index contributed by atoms with van der Waals surface area (Å²) < 4.78 is 29.0. The van der Waals surface area contributed by atoms with Crippen molar-refractivity contribution in [2.24, 2.45) is 14.6 Å². The minimum absolute atomic E-state index is 0.0455. The molecule has 1 aliphatic heterocycles. The third-order valence-corrected chi connectivity index (χ3v) is 5.24. The topological polar surface area (TPSA) is 117 Å². The molecule has 25 heavy (non-hydrogen) atoms. The van der Waals surface area contributed by atoms with Gasteiger partial charge in [-0.05, 0) is 18.2 Å². The van der Waals surface area contributed by atoms with Crippen molar-refractivity contribution in [3.63, 3.8) is 0 Å². The maximum atomic E-state index is 12.0. The van der Waals surface area contributed by atoms with E-state index in [2.05, 4.69) is 14.6 Å². The fraction of sp³-hybridized carbons (Fsp3) is 0.0625. The van der Waals surface area contributed by atoms with Gasteiger partial charge < -0.3 is 10.2 Å². The number of azo groups is 1. The zero-order chi connectivity index (χ0) is 17.6. The van der Waals surface area contributed by atoms with Crippen molar-refractivity contribution in [3.05, 3.63) is 54.1 Å². The number of aliphatic hydroxyl groups is 1. The van der Waals surface area contributed by atoms with Crippen LogP contribution in [-0.4, -0.2) is 29.0 Å². The molecule has 0 saturated heterocycles. The monoisotopic (exact) mass is 356 g/mol. The zero-order valence-electron chi connectivity index (χ0n) is 12.7. The molecule has 1 aliphatic rings. The molecule has 0 bridgehead atoms. The lowest BCUT2D eigenvalue weighted by Crippen LogP contribution is -1.94. The number of amidine groups is 1. The molecule has 0 fully saturated rings. The molecule has 0 unspecified atom stereocenters. The first-order valence-corrected chi connectivity index (χ1v) is 8.74. The van der Waals surface area contributed by atoms with Crippen molar-refractivity contribution in [2.45, 2.75) is 11.6 Å². The van der Waals surface area contributed by atoms with Gasteiger partial charge in [-0.2, -0.15) is 8.42 Å². The van der Waals surface area contributed by atoms with Gasteiger partial charge in [0.25, 0.3) is 10.0 Å². The molecule has 2 N–H and O–H groups in total. The van der Waals surface area contributed by atoms with Gasteiger partial charge in [0.15, 0.2) is 11.5 Å². The van der Waals surface area contributed by atoms with Crippen LogP contribution in [0.3, 0.4) is 0 Å². The Kier molecular flexibility index (Phi) is 3.41. The summed E-state index contributed by atoms with van der Waals surface area (Å²) in [6.45, 7) is -0.431. The first-order valence-electron chi connectivity index (χ1n) is 7.30. The summed E-state index contributed by atoms with van der Waals surface area (Å²) >= 11 is 0. The van der Waals surface area contributed by atoms with E-state index in [1.54, 1.807) is 42.5 Å². The molecular formula is C16H12N4O4S. The lowest BCUT2D eigenvalue weighted by Gasteiger charge is -2.00. The van der Waals surface area contributed by atoms with Gasteiger partial charge in [-0.3, -0.25) is 4.57 Å². The van der Waals surface area contributed by atoms with Gasteiger partial charge in [0.1, 0.15) is 11.6 Å². The predicted octanol–water partition coefficient (Wildman–Crippen LogP) is 2.53. The van der Waals surface area contributed by atoms with Crippen LogP contribution in [0.2, 0.25) is 0 Å². The lowest BCUT2D eigenvalue weighted by molar-refractivity contribution is 0.202. The Hall–Kier alpha value is -3.04. The van der Waals surface area contributed by atoms with Gasteiger partial charge in [-0.15, -0.1) is 14.6 Å². The van der Waals surface area contributed by atoms with Gasteiger partial charge in [0, 0.05) is 10.9 Å². The normalized spacial score (nSPS) is 15.6. The summed E-state index contributed by atoms with van der Waals surface area (Å²) in [7, 11) is -3.78. The first-order chi connectivity index (χ1) is 12.0. The van der Waals surface area contributed by atoms with Crippen LogP contribution in [0.1, 0.15) is 5.56 Å². The van der Waals surface area contributed by atoms with E-state index in [4.69, 9.17) is 0 Å². The number of hydrogen-bond donors (Lipinski definition) is 2. The summed E-state index contributed by atoms with van der Waals surface area (Å²) in [6.07, 6.45) is 0. The highest BCUT2D eigenvalue weighted by molar-refractivity contribution is 7.90. The molecule has 2 aromatic carbocycles. The second-order valence-corrected chi connectivity index (χ2v) is 6.92. The van der Waals surface area contributed by atoms with Crippen LogP contribution in [0, 0.1) is 0 Å². The van der Waals surface area contributed by atoms with Gasteiger partial charge in [-0.25, -0.2) is 0 Å². The van der Waals surface area contributed by atoms with E-state index < -0.39 is 16.8 Å². The SMILES string of the molecule is O=S1(=O)N=C(N=Nc2c(O)n(CO)c3ccccc23)c2ccccc21. The Morgan fingerprint density at radius 1 is 1.04 bits per heavy atom. The highest BCUT2D eigenvalue weighted by Crippen LogP contribution is 2.39. The molecule has 9 heteroatoms. The van der Waals surface area contributed by atoms with E-state index in [1.165, 1.54) is 10.6 Å². The van der Waals surface area contributed by atoms with Crippen molar-refractivity contribution >= 4 is 32.4 Å². The second-order valence-electron chi connectivity index (χ2n) is 5.34. The molecule has 4 rings (SSSR count). The highest BCUT2D eigenvalue weighted by Gasteiger charge is 2.28. The Morgan fingerprint density at radius 2 is 1.76 bits per heavy atom. The molecule has 126 valence electrons. The van der Waals surface area contributed by atoms with E-state index in [0.717, 1.165) is 0 Å². The van der Waals surface area contributed by atoms with Crippen LogP contribution < -0.4 is 0 Å². The van der Waals surface area contributed by atoms with Gasteiger partial charge >= 0.3 is 0 Å². The molecule has 0 amide bonds. The molecule has 2 heterocycles. The van der Waals surface area contributed by atoms with Crippen LogP contribution in [0.5, 0.6) is 5.88 Å². The van der Waals surface area contributed by atoms with E-state index in [1.807, 2.05) is 0 Å². The zero-order valence-corrected chi connectivity index (χ0v) is 13.6. The lowest BCUT2D eigenvalue weighted by atomic mass is 10.2. The third-order valence-electron chi connectivity index (χ3n) is 3.92. The van der Waals surface area contributed by atoms with Gasteiger partial charge in [0.05, 0.1) is 5.52 Å². The standard InChI is InChI=1S/C16H12N4O4S/c21-9-20-12-7-3-1-5-10(12)14(16(20)22)17-18-15-11-6-2-4-8-13(11)25(23,24)19-15/h1-8,21-22H,9H2. The largest absolute Gasteiger partial charge is 0.493 e. The molecule has 3 aromatic rings. The van der Waals surface area contributed by atoms with Gasteiger partial charge in [-0.1, -0.05) is 30.3 Å². The molecule has 0 spiro atoms. The molecule has 8 nitrogen and oxygen atoms in total. The van der Waals surface area contributed by atoms with Crippen LogP contribution in [-0.2, 0) is 16.8 Å². The number of aromatic nitrogens is 1. The van der Waals surface area contributed by atoms with E-state index in [9.17, 15) is 18.6 Å². The quantitative estimate of drug-likeness (QED) is 0.686. The third kappa shape index (κ3) is 2.32. The Morgan fingerprint density at radius 3 is 2.56 bits per heavy atom. The fourth-order valence-corrected chi connectivity index (χ4v) is 3.92. The minimum atomic E-state index is -3.78. The number of fused-ring (bicyclic) bond motifs is 2. The minimum Gasteiger partial charge on any atom is -0.493 e. The summed E-state index contributed by atoms with van der Waals surface area (Å²) in [5.74, 6) is -0.307. The summed E-state index contributed by atoms with van der Waals surface area (Å²) in [5, 5.41) is 28.2. The molecular weight excluding hydrogens is 344 g/mol. The summed E-state index contributed by atoms with van der Waals surface area (Å²) in [6, 6.07) is 13.3. The summed E-state index contributed by atoms with van der Waals surface area (Å²) in [4.78, 5) is 0.0750. The number of nitrogens with zero attached hydrogens (tertiary/aromatic N) is 4. The van der Waals surface area contributed by atoms with E-state index in [0.29, 0.717) is 16.5 Å². The average molecular weight is 356 g/mol. The van der Waals surface area contributed by atoms with Crippen molar-refractivity contribution < 1.29 is 18.6 Å². The molecule has 0 radical (unpaired) electrons. The number of benzene rings is 2. The average Bonchev–Trinajstić information content (AvgIpc) is 3.04. The maximum Gasteiger partial charge on any atom is 0.285 e. The fourth-order valence-electron chi connectivity index (χ4n) is 2.77. The molecule has 0 aliphatic carbocycles. The van der Waals surface area contributed by atoms with E-state index >= 15 is 0 Å². The van der Waals surface area contributed by atoms with Crippen LogP contribution in [0.25, 0.3) is 10.9 Å². The van der Waals surface area contributed by atoms with Gasteiger partial charge in [0.2, 0.25) is 5.88 Å². The number of rotatable bonds is 2. The summed E-state index contributed by atoms with van der Waals surface area (Å²) in [5.41, 5.74) is 1.07. The predicted molar refractivity (Wildman–Crippen MR) is 90.5 cm³/mol. The van der Waals surface area contributed by atoms with Crippen molar-refractivity contribution in [3.8, 4) is 5.88 Å². The first kappa shape index (κ1) is 15.5. The van der Waals surface area contributed by atoms with Crippen LogP contribution in [0.4, 0.5) is 5.69 Å². The van der Waals surface area contributed by atoms with Crippen LogP contribution in [0.15, 0.2) is 68.1 Å².